The number of ether oxygens (including phenoxy) is 4. The highest BCUT2D eigenvalue weighted by molar-refractivity contribution is 5.88. The van der Waals surface area contributed by atoms with Gasteiger partial charge in [0.15, 0.2) is 23.1 Å². The minimum atomic E-state index is -0.710. The van der Waals surface area contributed by atoms with E-state index >= 15 is 4.39 Å². The maximum Gasteiger partial charge on any atom is 0.336 e. The highest BCUT2D eigenvalue weighted by Crippen LogP contribution is 2.38. The Morgan fingerprint density at radius 3 is 2.58 bits per heavy atom. The molecule has 0 saturated carbocycles. The molecule has 1 fully saturated rings. The van der Waals surface area contributed by atoms with E-state index in [1.807, 2.05) is 42.5 Å². The van der Waals surface area contributed by atoms with Gasteiger partial charge in [-0.25, -0.2) is 13.8 Å². The van der Waals surface area contributed by atoms with Crippen molar-refractivity contribution in [2.45, 2.75) is 13.0 Å². The average molecular weight is 651 g/mol. The Labute approximate surface area is 276 Å². The van der Waals surface area contributed by atoms with Gasteiger partial charge in [-0.1, -0.05) is 42.5 Å². The quantitative estimate of drug-likeness (QED) is 0.167. The predicted octanol–water partition coefficient (Wildman–Crippen LogP) is 6.14. The summed E-state index contributed by atoms with van der Waals surface area (Å²) in [5.41, 5.74) is 1.18. The van der Waals surface area contributed by atoms with E-state index in [0.717, 1.165) is 66.2 Å². The van der Waals surface area contributed by atoms with Gasteiger partial charge in [0.05, 0.1) is 50.9 Å². The van der Waals surface area contributed by atoms with E-state index in [1.54, 1.807) is 31.5 Å². The summed E-state index contributed by atoms with van der Waals surface area (Å²) in [7, 11) is 1.56. The van der Waals surface area contributed by atoms with Gasteiger partial charge in [0, 0.05) is 43.4 Å². The molecule has 0 atom stereocenters. The predicted molar refractivity (Wildman–Crippen MR) is 180 cm³/mol. The molecule has 1 aliphatic heterocycles. The molecule has 1 saturated heterocycles. The number of aromatic hydroxyl groups is 1. The molecule has 11 heteroatoms. The third kappa shape index (κ3) is 6.42. The summed E-state index contributed by atoms with van der Waals surface area (Å²) >= 11 is 0. The Balaban J connectivity index is 1.09. The van der Waals surface area contributed by atoms with Crippen molar-refractivity contribution >= 4 is 21.7 Å². The van der Waals surface area contributed by atoms with Crippen LogP contribution in [0.2, 0.25) is 0 Å². The van der Waals surface area contributed by atoms with E-state index in [9.17, 15) is 9.90 Å². The molecule has 48 heavy (non-hydrogen) atoms. The number of rotatable bonds is 11. The van der Waals surface area contributed by atoms with Gasteiger partial charge in [-0.15, -0.1) is 0 Å². The first kappa shape index (κ1) is 31.2. The summed E-state index contributed by atoms with van der Waals surface area (Å²) in [5, 5.41) is 13.4. The minimum Gasteiger partial charge on any atom is -0.493 e. The molecular formula is C37H35FN4O6. The van der Waals surface area contributed by atoms with Crippen molar-refractivity contribution in [2.24, 2.45) is 0 Å². The van der Waals surface area contributed by atoms with E-state index < -0.39 is 11.5 Å². The zero-order chi connectivity index (χ0) is 33.0. The molecule has 0 radical (unpaired) electrons. The maximum atomic E-state index is 15.5. The standard InChI is InChI=1S/C37H35FN4O6/c1-45-34-21-29-31(22-35(34)47-17-5-14-40-15-18-46-19-16-40)39-13-12-32(29)48-33-11-10-27(20-30(33)38)42-36(43)24-41(37(42)44)23-26-8-4-7-25-6-2-3-9-28(25)26/h2-4,6-13,20-22,24,43H,5,14-19,23H2,1H3. The van der Waals surface area contributed by atoms with E-state index in [1.165, 1.54) is 22.9 Å². The van der Waals surface area contributed by atoms with Gasteiger partial charge in [-0.2, -0.15) is 0 Å². The van der Waals surface area contributed by atoms with Crippen molar-refractivity contribution in [1.29, 1.82) is 0 Å². The number of hydrogen-bond acceptors (Lipinski definition) is 8. The minimum absolute atomic E-state index is 0.0589. The molecule has 0 spiro atoms. The Hall–Kier alpha value is -5.39. The van der Waals surface area contributed by atoms with Crippen LogP contribution in [0, 0.1) is 5.82 Å². The highest BCUT2D eigenvalue weighted by atomic mass is 19.1. The Morgan fingerprint density at radius 1 is 0.917 bits per heavy atom. The molecule has 1 N–H and O–H groups in total. The van der Waals surface area contributed by atoms with Crippen LogP contribution < -0.4 is 19.9 Å². The first-order valence-electron chi connectivity index (χ1n) is 15.8. The summed E-state index contributed by atoms with van der Waals surface area (Å²) in [4.78, 5) is 20.2. The SMILES string of the molecule is COc1cc2c(Oc3ccc(-n4c(O)cn(Cc5cccc6ccccc56)c4=O)cc3F)ccnc2cc1OCCCN1CCOCC1. The second kappa shape index (κ2) is 13.8. The summed E-state index contributed by atoms with van der Waals surface area (Å²) in [6, 6.07) is 23.1. The van der Waals surface area contributed by atoms with Crippen LogP contribution in [0.15, 0.2) is 96.1 Å². The number of nitrogens with zero attached hydrogens (tertiary/aromatic N) is 4. The fourth-order valence-electron chi connectivity index (χ4n) is 6.06. The molecule has 0 bridgehead atoms. The second-order valence-electron chi connectivity index (χ2n) is 11.6. The molecule has 0 amide bonds. The molecule has 1 aliphatic rings. The molecule has 6 aromatic rings. The number of benzene rings is 4. The summed E-state index contributed by atoms with van der Waals surface area (Å²) < 4.78 is 41.1. The second-order valence-corrected chi connectivity index (χ2v) is 11.6. The Kier molecular flexibility index (Phi) is 8.95. The van der Waals surface area contributed by atoms with Crippen LogP contribution in [0.1, 0.15) is 12.0 Å². The van der Waals surface area contributed by atoms with Crippen molar-refractivity contribution in [2.75, 3.05) is 46.6 Å². The van der Waals surface area contributed by atoms with Crippen molar-refractivity contribution in [3.63, 3.8) is 0 Å². The highest BCUT2D eigenvalue weighted by Gasteiger charge is 2.18. The van der Waals surface area contributed by atoms with Gasteiger partial charge in [-0.05, 0) is 47.0 Å². The smallest absolute Gasteiger partial charge is 0.336 e. The molecule has 10 nitrogen and oxygen atoms in total. The first-order valence-corrected chi connectivity index (χ1v) is 15.8. The van der Waals surface area contributed by atoms with Gasteiger partial charge in [0.2, 0.25) is 5.88 Å². The zero-order valence-corrected chi connectivity index (χ0v) is 26.5. The van der Waals surface area contributed by atoms with Crippen LogP contribution in [0.4, 0.5) is 4.39 Å². The van der Waals surface area contributed by atoms with Gasteiger partial charge in [-0.3, -0.25) is 14.5 Å². The first-order chi connectivity index (χ1) is 23.5. The van der Waals surface area contributed by atoms with Crippen molar-refractivity contribution in [3.8, 4) is 34.6 Å². The molecule has 0 unspecified atom stereocenters. The number of halogens is 1. The molecule has 7 rings (SSSR count). The Morgan fingerprint density at radius 2 is 1.75 bits per heavy atom. The van der Waals surface area contributed by atoms with Gasteiger partial charge >= 0.3 is 5.69 Å². The van der Waals surface area contributed by atoms with Crippen LogP contribution >= 0.6 is 0 Å². The number of fused-ring (bicyclic) bond motifs is 2. The Bertz CT molecular complexity index is 2130. The molecule has 2 aromatic heterocycles. The van der Waals surface area contributed by atoms with Crippen LogP contribution in [0.25, 0.3) is 27.4 Å². The maximum absolute atomic E-state index is 15.5. The number of hydrogen-bond donors (Lipinski definition) is 1. The van der Waals surface area contributed by atoms with Crippen LogP contribution in [0.3, 0.4) is 0 Å². The summed E-state index contributed by atoms with van der Waals surface area (Å²) in [5.74, 6) is 0.356. The van der Waals surface area contributed by atoms with E-state index in [4.69, 9.17) is 18.9 Å². The van der Waals surface area contributed by atoms with Crippen molar-refractivity contribution in [1.82, 2.24) is 19.0 Å². The lowest BCUT2D eigenvalue weighted by atomic mass is 10.0. The third-order valence-corrected chi connectivity index (χ3v) is 8.52. The number of methoxy groups -OCH3 is 1. The molecular weight excluding hydrogens is 615 g/mol. The van der Waals surface area contributed by atoms with Crippen molar-refractivity contribution in [3.05, 3.63) is 113 Å². The molecule has 3 heterocycles. The van der Waals surface area contributed by atoms with E-state index in [0.29, 0.717) is 34.8 Å². The summed E-state index contributed by atoms with van der Waals surface area (Å²) in [6.07, 6.45) is 3.78. The lowest BCUT2D eigenvalue weighted by molar-refractivity contribution is 0.0357. The lowest BCUT2D eigenvalue weighted by Crippen LogP contribution is -2.37. The van der Waals surface area contributed by atoms with Gasteiger partial charge in [0.25, 0.3) is 0 Å². The normalized spacial score (nSPS) is 13.6. The molecule has 246 valence electrons. The van der Waals surface area contributed by atoms with Crippen LogP contribution in [-0.4, -0.2) is 70.7 Å². The lowest BCUT2D eigenvalue weighted by Gasteiger charge is -2.26. The number of morpholine rings is 1. The number of aromatic nitrogens is 3. The third-order valence-electron chi connectivity index (χ3n) is 8.52. The monoisotopic (exact) mass is 650 g/mol. The zero-order valence-electron chi connectivity index (χ0n) is 26.5. The van der Waals surface area contributed by atoms with Gasteiger partial charge < -0.3 is 24.1 Å². The molecule has 4 aromatic carbocycles. The topological polar surface area (TPSA) is 100 Å². The average Bonchev–Trinajstić information content (AvgIpc) is 3.39. The van der Waals surface area contributed by atoms with Gasteiger partial charge in [0.1, 0.15) is 5.75 Å². The van der Waals surface area contributed by atoms with Crippen LogP contribution in [0.5, 0.6) is 28.9 Å². The number of imidazole rings is 1. The fourth-order valence-corrected chi connectivity index (χ4v) is 6.06. The van der Waals surface area contributed by atoms with E-state index in [2.05, 4.69) is 9.88 Å². The largest absolute Gasteiger partial charge is 0.493 e. The van der Waals surface area contributed by atoms with Crippen molar-refractivity contribution < 1.29 is 28.4 Å². The van der Waals surface area contributed by atoms with E-state index in [-0.39, 0.29) is 23.9 Å². The number of pyridine rings is 1. The molecule has 0 aliphatic carbocycles. The summed E-state index contributed by atoms with van der Waals surface area (Å²) in [6.45, 7) is 5.04. The fraction of sp³-hybridized carbons (Fsp3) is 0.243. The van der Waals surface area contributed by atoms with Crippen LogP contribution in [-0.2, 0) is 11.3 Å².